The molecule has 1 aliphatic heterocycles. The molecule has 224 valence electrons. The first-order valence-electron chi connectivity index (χ1n) is 14.2. The fourth-order valence-electron chi connectivity index (χ4n) is 4.96. The minimum atomic E-state index is -0.900. The van der Waals surface area contributed by atoms with E-state index >= 15 is 0 Å². The number of carboxylic acids is 1. The Labute approximate surface area is 251 Å². The highest BCUT2D eigenvalue weighted by Gasteiger charge is 2.38. The van der Waals surface area contributed by atoms with Gasteiger partial charge in [0.05, 0.1) is 25.4 Å². The maximum absolute atomic E-state index is 12.0. The fourth-order valence-corrected chi connectivity index (χ4v) is 5.87. The van der Waals surface area contributed by atoms with Crippen LogP contribution in [0.5, 0.6) is 0 Å². The number of amides is 1. The number of hydrogen-bond donors (Lipinski definition) is 4. The predicted octanol–water partition coefficient (Wildman–Crippen LogP) is 5.23. The van der Waals surface area contributed by atoms with Gasteiger partial charge in [-0.15, -0.1) is 0 Å². The molecule has 0 unspecified atom stereocenters. The molecule has 0 saturated carbocycles. The van der Waals surface area contributed by atoms with Crippen molar-refractivity contribution < 1.29 is 34.4 Å². The molecule has 4 rings (SSSR count). The first kappa shape index (κ1) is 31.7. The van der Waals surface area contributed by atoms with Crippen LogP contribution >= 0.6 is 11.8 Å². The van der Waals surface area contributed by atoms with Crippen molar-refractivity contribution in [1.29, 1.82) is 0 Å². The van der Waals surface area contributed by atoms with E-state index in [1.165, 1.54) is 0 Å². The second-order valence-corrected chi connectivity index (χ2v) is 11.6. The van der Waals surface area contributed by atoms with Gasteiger partial charge in [-0.25, -0.2) is 0 Å². The first-order chi connectivity index (χ1) is 20.4. The molecule has 42 heavy (non-hydrogen) atoms. The molecule has 1 aliphatic rings. The molecule has 8 nitrogen and oxygen atoms in total. The fraction of sp³-hybridized carbons (Fsp3) is 0.394. The van der Waals surface area contributed by atoms with Gasteiger partial charge in [0.25, 0.3) is 0 Å². The van der Waals surface area contributed by atoms with Crippen molar-refractivity contribution in [2.24, 2.45) is 5.92 Å². The summed E-state index contributed by atoms with van der Waals surface area (Å²) < 4.78 is 13.0. The predicted molar refractivity (Wildman–Crippen MR) is 163 cm³/mol. The second kappa shape index (κ2) is 15.9. The SMILES string of the molecule is C[C@H]1[C@@H](CSCCO)O[C@@H](c2ccc(-c3cccc(CNC(=O)CCCC(=O)O)c3)cc2)O[C@H]1c1ccc(CO)cc1. The summed E-state index contributed by atoms with van der Waals surface area (Å²) in [6.07, 6.45) is -0.324. The van der Waals surface area contributed by atoms with E-state index in [9.17, 15) is 19.8 Å². The zero-order chi connectivity index (χ0) is 29.9. The lowest BCUT2D eigenvalue weighted by molar-refractivity contribution is -0.268. The van der Waals surface area contributed by atoms with Crippen LogP contribution in [0.4, 0.5) is 0 Å². The van der Waals surface area contributed by atoms with Crippen LogP contribution in [0.25, 0.3) is 11.1 Å². The summed E-state index contributed by atoms with van der Waals surface area (Å²) in [5, 5.41) is 30.3. The van der Waals surface area contributed by atoms with E-state index in [2.05, 4.69) is 12.2 Å². The van der Waals surface area contributed by atoms with Crippen molar-refractivity contribution in [2.75, 3.05) is 18.1 Å². The quantitative estimate of drug-likeness (QED) is 0.187. The number of rotatable bonds is 14. The molecule has 0 spiro atoms. The highest BCUT2D eigenvalue weighted by atomic mass is 32.2. The van der Waals surface area contributed by atoms with Crippen molar-refractivity contribution >= 4 is 23.6 Å². The third kappa shape index (κ3) is 8.89. The number of ether oxygens (including phenoxy) is 2. The van der Waals surface area contributed by atoms with Gasteiger partial charge in [0.15, 0.2) is 6.29 Å². The van der Waals surface area contributed by atoms with Crippen molar-refractivity contribution in [2.45, 2.75) is 57.8 Å². The van der Waals surface area contributed by atoms with Crippen molar-refractivity contribution in [3.8, 4) is 11.1 Å². The lowest BCUT2D eigenvalue weighted by Crippen LogP contribution is -2.38. The summed E-state index contributed by atoms with van der Waals surface area (Å²) in [7, 11) is 0. The number of carbonyl (C=O) groups excluding carboxylic acids is 1. The molecule has 1 saturated heterocycles. The molecule has 0 radical (unpaired) electrons. The Morgan fingerprint density at radius 3 is 2.31 bits per heavy atom. The number of nitrogens with one attached hydrogen (secondary N) is 1. The van der Waals surface area contributed by atoms with E-state index in [1.807, 2.05) is 72.8 Å². The maximum Gasteiger partial charge on any atom is 0.303 e. The molecular weight excluding hydrogens is 554 g/mol. The monoisotopic (exact) mass is 593 g/mol. The van der Waals surface area contributed by atoms with Crippen LogP contribution in [-0.4, -0.2) is 51.4 Å². The number of hydrogen-bond acceptors (Lipinski definition) is 7. The Hall–Kier alpha value is -3.21. The first-order valence-corrected chi connectivity index (χ1v) is 15.4. The smallest absolute Gasteiger partial charge is 0.303 e. The normalized spacial score (nSPS) is 20.3. The minimum absolute atomic E-state index is 0.00793. The number of aliphatic carboxylic acids is 1. The van der Waals surface area contributed by atoms with Gasteiger partial charge in [0.2, 0.25) is 5.91 Å². The topological polar surface area (TPSA) is 125 Å². The molecule has 1 heterocycles. The highest BCUT2D eigenvalue weighted by molar-refractivity contribution is 7.99. The average molecular weight is 594 g/mol. The molecule has 0 aromatic heterocycles. The van der Waals surface area contributed by atoms with Gasteiger partial charge in [-0.05, 0) is 40.3 Å². The number of aliphatic hydroxyl groups is 2. The van der Waals surface area contributed by atoms with E-state index in [-0.39, 0.29) is 50.1 Å². The summed E-state index contributed by atoms with van der Waals surface area (Å²) in [6.45, 7) is 2.61. The van der Waals surface area contributed by atoms with Crippen LogP contribution < -0.4 is 5.32 Å². The number of aliphatic hydroxyl groups excluding tert-OH is 2. The maximum atomic E-state index is 12.0. The van der Waals surface area contributed by atoms with Crippen LogP contribution in [0.1, 0.15) is 60.8 Å². The zero-order valence-electron chi connectivity index (χ0n) is 23.8. The van der Waals surface area contributed by atoms with Crippen molar-refractivity contribution in [3.05, 3.63) is 95.1 Å². The van der Waals surface area contributed by atoms with Crippen LogP contribution in [0.3, 0.4) is 0 Å². The zero-order valence-corrected chi connectivity index (χ0v) is 24.6. The van der Waals surface area contributed by atoms with E-state index in [0.717, 1.165) is 39.1 Å². The van der Waals surface area contributed by atoms with Gasteiger partial charge < -0.3 is 30.1 Å². The standard InChI is InChI=1S/C33H39NO7S/c1-22-29(21-42-17-16-35)40-33(41-32(22)26-10-8-23(20-36)9-11-26)27-14-12-25(13-15-27)28-5-2-4-24(18-28)19-34-30(37)6-3-7-31(38)39/h2,4-5,8-15,18,22,29,32-33,35-36H,3,6-7,16-17,19-21H2,1H3,(H,34,37)(H,38,39)/t22-,29+,32+,33+/m0/s1. The number of benzene rings is 3. The molecule has 3 aromatic carbocycles. The molecule has 9 heteroatoms. The van der Waals surface area contributed by atoms with E-state index in [0.29, 0.717) is 18.7 Å². The Kier molecular flexibility index (Phi) is 12.0. The average Bonchev–Trinajstić information content (AvgIpc) is 3.01. The van der Waals surface area contributed by atoms with Crippen LogP contribution in [0, 0.1) is 5.92 Å². The largest absolute Gasteiger partial charge is 0.481 e. The third-order valence-electron chi connectivity index (χ3n) is 7.37. The third-order valence-corrected chi connectivity index (χ3v) is 8.40. The number of carbonyl (C=O) groups is 2. The lowest BCUT2D eigenvalue weighted by atomic mass is 9.91. The van der Waals surface area contributed by atoms with Crippen molar-refractivity contribution in [3.63, 3.8) is 0 Å². The summed E-state index contributed by atoms with van der Waals surface area (Å²) >= 11 is 1.66. The van der Waals surface area contributed by atoms with Crippen molar-refractivity contribution in [1.82, 2.24) is 5.32 Å². The highest BCUT2D eigenvalue weighted by Crippen LogP contribution is 2.42. The molecule has 4 atom stereocenters. The minimum Gasteiger partial charge on any atom is -0.481 e. The van der Waals surface area contributed by atoms with E-state index < -0.39 is 12.3 Å². The number of carboxylic acid groups (broad SMARTS) is 1. The van der Waals surface area contributed by atoms with Crippen LogP contribution in [-0.2, 0) is 32.2 Å². The molecule has 1 amide bonds. The summed E-state index contributed by atoms with van der Waals surface area (Å²) in [5.74, 6) is 0.419. The Morgan fingerprint density at radius 1 is 0.881 bits per heavy atom. The summed E-state index contributed by atoms with van der Waals surface area (Å²) in [6, 6.07) is 23.9. The van der Waals surface area contributed by atoms with Gasteiger partial charge >= 0.3 is 5.97 Å². The van der Waals surface area contributed by atoms with Gasteiger partial charge in [-0.2, -0.15) is 11.8 Å². The molecule has 4 N–H and O–H groups in total. The van der Waals surface area contributed by atoms with E-state index in [1.54, 1.807) is 11.8 Å². The lowest BCUT2D eigenvalue weighted by Gasteiger charge is -2.41. The Balaban J connectivity index is 1.45. The Morgan fingerprint density at radius 2 is 1.62 bits per heavy atom. The molecule has 0 bridgehead atoms. The van der Waals surface area contributed by atoms with Gasteiger partial charge in [0.1, 0.15) is 0 Å². The molecular formula is C33H39NO7S. The summed E-state index contributed by atoms with van der Waals surface area (Å²) in [4.78, 5) is 22.7. The van der Waals surface area contributed by atoms with Gasteiger partial charge in [-0.3, -0.25) is 9.59 Å². The van der Waals surface area contributed by atoms with Crippen LogP contribution in [0.15, 0.2) is 72.8 Å². The second-order valence-electron chi connectivity index (χ2n) is 10.5. The van der Waals surface area contributed by atoms with Gasteiger partial charge in [0, 0.05) is 42.4 Å². The van der Waals surface area contributed by atoms with E-state index in [4.69, 9.17) is 14.6 Å². The molecule has 1 fully saturated rings. The van der Waals surface area contributed by atoms with Crippen LogP contribution in [0.2, 0.25) is 0 Å². The molecule has 3 aromatic rings. The summed E-state index contributed by atoms with van der Waals surface area (Å²) in [5.41, 5.74) is 5.77. The molecule has 0 aliphatic carbocycles. The Bertz CT molecular complexity index is 1300. The van der Waals surface area contributed by atoms with Gasteiger partial charge in [-0.1, -0.05) is 73.7 Å². The number of thioether (sulfide) groups is 1.